The number of aromatic nitrogens is 1. The Hall–Kier alpha value is -4.06. The van der Waals surface area contributed by atoms with Gasteiger partial charge in [-0.05, 0) is 23.8 Å². The molecule has 32 heavy (non-hydrogen) atoms. The van der Waals surface area contributed by atoms with Gasteiger partial charge in [-0.3, -0.25) is 4.79 Å². The third-order valence-corrected chi connectivity index (χ3v) is 5.10. The summed E-state index contributed by atoms with van der Waals surface area (Å²) in [5.41, 5.74) is 3.08. The highest BCUT2D eigenvalue weighted by Crippen LogP contribution is 2.26. The zero-order valence-corrected chi connectivity index (χ0v) is 18.0. The topological polar surface area (TPSA) is 69.7 Å². The number of hydrogen-bond donors (Lipinski definition) is 1. The predicted molar refractivity (Wildman–Crippen MR) is 123 cm³/mol. The lowest BCUT2D eigenvalue weighted by Gasteiger charge is -2.13. The van der Waals surface area contributed by atoms with Gasteiger partial charge in [0, 0.05) is 29.6 Å². The molecule has 162 valence electrons. The first-order valence-corrected chi connectivity index (χ1v) is 10.2. The van der Waals surface area contributed by atoms with E-state index in [1.807, 2.05) is 66.7 Å². The summed E-state index contributed by atoms with van der Waals surface area (Å²) in [5, 5.41) is 3.74. The molecule has 6 heteroatoms. The van der Waals surface area contributed by atoms with E-state index in [0.29, 0.717) is 41.6 Å². The van der Waals surface area contributed by atoms with E-state index in [4.69, 9.17) is 14.2 Å². The van der Waals surface area contributed by atoms with E-state index in [-0.39, 0.29) is 5.91 Å². The number of rotatable bonds is 8. The summed E-state index contributed by atoms with van der Waals surface area (Å²) >= 11 is 0. The van der Waals surface area contributed by atoms with Gasteiger partial charge in [0.05, 0.1) is 25.3 Å². The van der Waals surface area contributed by atoms with Crippen molar-refractivity contribution in [1.82, 2.24) is 10.3 Å². The first kappa shape index (κ1) is 21.2. The van der Waals surface area contributed by atoms with E-state index in [0.717, 1.165) is 16.5 Å². The van der Waals surface area contributed by atoms with Crippen molar-refractivity contribution >= 4 is 16.8 Å². The number of amides is 1. The van der Waals surface area contributed by atoms with Crippen molar-refractivity contribution in [1.29, 1.82) is 0 Å². The average Bonchev–Trinajstić information content (AvgIpc) is 2.86. The monoisotopic (exact) mass is 428 g/mol. The molecule has 1 amide bonds. The molecule has 6 nitrogen and oxygen atoms in total. The van der Waals surface area contributed by atoms with Crippen LogP contribution in [0.3, 0.4) is 0 Å². The van der Waals surface area contributed by atoms with E-state index in [1.165, 1.54) is 0 Å². The Morgan fingerprint density at radius 3 is 2.47 bits per heavy atom. The summed E-state index contributed by atoms with van der Waals surface area (Å²) in [6.07, 6.45) is 0. The molecule has 4 rings (SSSR count). The molecule has 0 atom stereocenters. The lowest BCUT2D eigenvalue weighted by Crippen LogP contribution is -2.23. The van der Waals surface area contributed by atoms with Gasteiger partial charge in [0.2, 0.25) is 5.88 Å². The fourth-order valence-electron chi connectivity index (χ4n) is 3.41. The van der Waals surface area contributed by atoms with Crippen LogP contribution in [0.25, 0.3) is 10.9 Å². The fourth-order valence-corrected chi connectivity index (χ4v) is 3.41. The second kappa shape index (κ2) is 9.83. The average molecular weight is 428 g/mol. The highest BCUT2D eigenvalue weighted by atomic mass is 16.5. The minimum absolute atomic E-state index is 0.217. The SMILES string of the molecule is COc1ccc(CNC(=O)c2cc(OCc3ccccc3)nc3ccccc23)c(OC)c1. The van der Waals surface area contributed by atoms with Crippen molar-refractivity contribution in [3.8, 4) is 17.4 Å². The zero-order valence-electron chi connectivity index (χ0n) is 18.0. The number of pyridine rings is 1. The van der Waals surface area contributed by atoms with Crippen molar-refractivity contribution < 1.29 is 19.0 Å². The zero-order chi connectivity index (χ0) is 22.3. The molecule has 0 aliphatic rings. The van der Waals surface area contributed by atoms with E-state index in [2.05, 4.69) is 10.3 Å². The molecule has 0 fully saturated rings. The number of carbonyl (C=O) groups excluding carboxylic acids is 1. The number of ether oxygens (including phenoxy) is 3. The van der Waals surface area contributed by atoms with Crippen molar-refractivity contribution in [2.45, 2.75) is 13.2 Å². The van der Waals surface area contributed by atoms with Crippen LogP contribution in [0, 0.1) is 0 Å². The molecule has 1 aromatic heterocycles. The van der Waals surface area contributed by atoms with Gasteiger partial charge in [0.1, 0.15) is 18.1 Å². The Morgan fingerprint density at radius 2 is 1.69 bits per heavy atom. The standard InChI is InChI=1S/C26H24N2O4/c1-30-20-13-12-19(24(14-20)31-2)16-27-26(29)22-15-25(28-23-11-7-6-10-21(22)23)32-17-18-8-4-3-5-9-18/h3-15H,16-17H2,1-2H3,(H,27,29). The first-order valence-electron chi connectivity index (χ1n) is 10.2. The smallest absolute Gasteiger partial charge is 0.252 e. The lowest BCUT2D eigenvalue weighted by molar-refractivity contribution is 0.0951. The van der Waals surface area contributed by atoms with E-state index in [9.17, 15) is 4.79 Å². The molecule has 0 aliphatic carbocycles. The number of fused-ring (bicyclic) bond motifs is 1. The highest BCUT2D eigenvalue weighted by molar-refractivity contribution is 6.06. The third-order valence-electron chi connectivity index (χ3n) is 5.10. The maximum Gasteiger partial charge on any atom is 0.252 e. The number of nitrogens with zero attached hydrogens (tertiary/aromatic N) is 1. The molecule has 0 aliphatic heterocycles. The van der Waals surface area contributed by atoms with Crippen LogP contribution >= 0.6 is 0 Å². The molecule has 0 saturated heterocycles. The molecule has 1 N–H and O–H groups in total. The second-order valence-electron chi connectivity index (χ2n) is 7.16. The third kappa shape index (κ3) is 4.81. The molecule has 0 radical (unpaired) electrons. The summed E-state index contributed by atoms with van der Waals surface area (Å²) in [7, 11) is 3.19. The molecular formula is C26H24N2O4. The highest BCUT2D eigenvalue weighted by Gasteiger charge is 2.15. The number of para-hydroxylation sites is 1. The van der Waals surface area contributed by atoms with Gasteiger partial charge in [0.15, 0.2) is 0 Å². The predicted octanol–water partition coefficient (Wildman–Crippen LogP) is 4.76. The summed E-state index contributed by atoms with van der Waals surface area (Å²) in [6.45, 7) is 0.680. The quantitative estimate of drug-likeness (QED) is 0.438. The number of nitrogens with one attached hydrogen (secondary N) is 1. The number of carbonyl (C=O) groups is 1. The molecule has 1 heterocycles. The Labute approximate surface area is 186 Å². The molecule has 0 unspecified atom stereocenters. The van der Waals surface area contributed by atoms with Crippen LogP contribution in [-0.4, -0.2) is 25.1 Å². The normalized spacial score (nSPS) is 10.6. The van der Waals surface area contributed by atoms with Crippen molar-refractivity contribution in [2.24, 2.45) is 0 Å². The summed E-state index contributed by atoms with van der Waals surface area (Å²) in [6, 6.07) is 24.5. The lowest BCUT2D eigenvalue weighted by atomic mass is 10.1. The Kier molecular flexibility index (Phi) is 6.51. The number of hydrogen-bond acceptors (Lipinski definition) is 5. The molecule has 0 bridgehead atoms. The Bertz CT molecular complexity index is 1230. The minimum atomic E-state index is -0.217. The van der Waals surface area contributed by atoms with Gasteiger partial charge in [-0.1, -0.05) is 48.5 Å². The number of benzene rings is 3. The van der Waals surface area contributed by atoms with Crippen LogP contribution in [0.2, 0.25) is 0 Å². The summed E-state index contributed by atoms with van der Waals surface area (Å²) < 4.78 is 16.6. The summed E-state index contributed by atoms with van der Waals surface area (Å²) in [4.78, 5) is 17.7. The van der Waals surface area contributed by atoms with Crippen LogP contribution in [0.1, 0.15) is 21.5 Å². The minimum Gasteiger partial charge on any atom is -0.497 e. The van der Waals surface area contributed by atoms with Crippen molar-refractivity contribution in [3.05, 3.63) is 95.6 Å². The maximum atomic E-state index is 13.1. The van der Waals surface area contributed by atoms with Crippen LogP contribution in [0.4, 0.5) is 0 Å². The van der Waals surface area contributed by atoms with E-state index < -0.39 is 0 Å². The van der Waals surface area contributed by atoms with Crippen molar-refractivity contribution in [2.75, 3.05) is 14.2 Å². The molecule has 3 aromatic carbocycles. The summed E-state index contributed by atoms with van der Waals surface area (Å²) in [5.74, 6) is 1.53. The van der Waals surface area contributed by atoms with Crippen LogP contribution < -0.4 is 19.5 Å². The van der Waals surface area contributed by atoms with Crippen LogP contribution in [0.15, 0.2) is 78.9 Å². The van der Waals surface area contributed by atoms with Gasteiger partial charge < -0.3 is 19.5 Å². The largest absolute Gasteiger partial charge is 0.497 e. The van der Waals surface area contributed by atoms with Gasteiger partial charge in [0.25, 0.3) is 5.91 Å². The Balaban J connectivity index is 1.56. The molecule has 0 spiro atoms. The van der Waals surface area contributed by atoms with Crippen LogP contribution in [0.5, 0.6) is 17.4 Å². The Morgan fingerprint density at radius 1 is 0.906 bits per heavy atom. The molecule has 0 saturated carbocycles. The van der Waals surface area contributed by atoms with Gasteiger partial charge in [-0.25, -0.2) is 4.98 Å². The van der Waals surface area contributed by atoms with Gasteiger partial charge >= 0.3 is 0 Å². The van der Waals surface area contributed by atoms with Gasteiger partial charge in [-0.15, -0.1) is 0 Å². The van der Waals surface area contributed by atoms with E-state index >= 15 is 0 Å². The van der Waals surface area contributed by atoms with E-state index in [1.54, 1.807) is 26.4 Å². The first-order chi connectivity index (χ1) is 15.7. The second-order valence-corrected chi connectivity index (χ2v) is 7.16. The van der Waals surface area contributed by atoms with Crippen LogP contribution in [-0.2, 0) is 13.2 Å². The maximum absolute atomic E-state index is 13.1. The van der Waals surface area contributed by atoms with Crippen molar-refractivity contribution in [3.63, 3.8) is 0 Å². The molecule has 4 aromatic rings. The number of methoxy groups -OCH3 is 2. The molecular weight excluding hydrogens is 404 g/mol. The fraction of sp³-hybridized carbons (Fsp3) is 0.154. The van der Waals surface area contributed by atoms with Gasteiger partial charge in [-0.2, -0.15) is 0 Å².